The number of hydrogen-bond donors (Lipinski definition) is 1. The van der Waals surface area contributed by atoms with Crippen molar-refractivity contribution in [2.45, 2.75) is 17.8 Å². The summed E-state index contributed by atoms with van der Waals surface area (Å²) in [6, 6.07) is 0. The van der Waals surface area contributed by atoms with Gasteiger partial charge >= 0.3 is 0 Å². The molecule has 0 radical (unpaired) electrons. The molecule has 12 heavy (non-hydrogen) atoms. The Bertz CT molecular complexity index is 238. The Kier molecular flexibility index (Phi) is 3.05. The van der Waals surface area contributed by atoms with Crippen LogP contribution in [0.5, 0.6) is 0 Å². The highest BCUT2D eigenvalue weighted by Crippen LogP contribution is 2.16. The molecule has 1 saturated heterocycles. The maximum Gasteiger partial charge on any atom is 0.214 e. The first-order chi connectivity index (χ1) is 5.55. The van der Waals surface area contributed by atoms with Crippen LogP contribution >= 0.6 is 0 Å². The molecular weight excluding hydrogens is 182 g/mol. The van der Waals surface area contributed by atoms with E-state index in [2.05, 4.69) is 0 Å². The van der Waals surface area contributed by atoms with Crippen LogP contribution in [0.4, 0.5) is 0 Å². The number of nitrogens with two attached hydrogens (primary N) is 1. The summed E-state index contributed by atoms with van der Waals surface area (Å²) in [5.41, 5.74) is 0. The first-order valence-electron chi connectivity index (χ1n) is 3.68. The zero-order valence-corrected chi connectivity index (χ0v) is 7.71. The van der Waals surface area contributed by atoms with Crippen LogP contribution in [-0.4, -0.2) is 40.1 Å². The number of rotatable bonds is 2. The van der Waals surface area contributed by atoms with Crippen LogP contribution in [0.15, 0.2) is 0 Å². The van der Waals surface area contributed by atoms with Crippen molar-refractivity contribution in [3.8, 4) is 0 Å². The summed E-state index contributed by atoms with van der Waals surface area (Å²) in [5, 5.41) is 4.40. The predicted molar refractivity (Wildman–Crippen MR) is 43.1 cm³/mol. The summed E-state index contributed by atoms with van der Waals surface area (Å²) in [4.78, 5) is 0. The zero-order chi connectivity index (χ0) is 9.19. The molecule has 1 fully saturated rings. The van der Waals surface area contributed by atoms with Gasteiger partial charge in [0.1, 0.15) is 5.25 Å². The SMILES string of the molecule is COC1COCCC1S(N)(=O)=O. The molecule has 1 heterocycles. The molecule has 5 nitrogen and oxygen atoms in total. The highest BCUT2D eigenvalue weighted by atomic mass is 32.2. The highest BCUT2D eigenvalue weighted by molar-refractivity contribution is 7.89. The molecule has 0 spiro atoms. The normalized spacial score (nSPS) is 31.8. The van der Waals surface area contributed by atoms with E-state index in [1.807, 2.05) is 0 Å². The summed E-state index contributed by atoms with van der Waals surface area (Å²) < 4.78 is 32.0. The first-order valence-corrected chi connectivity index (χ1v) is 5.29. The molecule has 6 heteroatoms. The van der Waals surface area contributed by atoms with Crippen molar-refractivity contribution in [1.29, 1.82) is 0 Å². The van der Waals surface area contributed by atoms with E-state index in [9.17, 15) is 8.42 Å². The fraction of sp³-hybridized carbons (Fsp3) is 1.00. The third kappa shape index (κ3) is 2.16. The summed E-state index contributed by atoms with van der Waals surface area (Å²) in [6.45, 7) is 0.735. The highest BCUT2D eigenvalue weighted by Gasteiger charge is 2.33. The lowest BCUT2D eigenvalue weighted by molar-refractivity contribution is -0.0263. The number of methoxy groups -OCH3 is 1. The Labute approximate surface area is 71.9 Å². The van der Waals surface area contributed by atoms with E-state index in [1.54, 1.807) is 0 Å². The van der Waals surface area contributed by atoms with Crippen molar-refractivity contribution in [3.05, 3.63) is 0 Å². The van der Waals surface area contributed by atoms with Crippen molar-refractivity contribution in [1.82, 2.24) is 0 Å². The van der Waals surface area contributed by atoms with Gasteiger partial charge in [0, 0.05) is 13.7 Å². The van der Waals surface area contributed by atoms with E-state index < -0.39 is 21.4 Å². The zero-order valence-electron chi connectivity index (χ0n) is 6.89. The van der Waals surface area contributed by atoms with Gasteiger partial charge in [-0.2, -0.15) is 0 Å². The fourth-order valence-electron chi connectivity index (χ4n) is 1.29. The lowest BCUT2D eigenvalue weighted by atomic mass is 10.2. The lowest BCUT2D eigenvalue weighted by Crippen LogP contribution is -2.46. The van der Waals surface area contributed by atoms with Crippen molar-refractivity contribution < 1.29 is 17.9 Å². The molecule has 2 N–H and O–H groups in total. The van der Waals surface area contributed by atoms with Crippen LogP contribution in [0.2, 0.25) is 0 Å². The van der Waals surface area contributed by atoms with Crippen molar-refractivity contribution in [3.63, 3.8) is 0 Å². The van der Waals surface area contributed by atoms with Gasteiger partial charge < -0.3 is 9.47 Å². The smallest absolute Gasteiger partial charge is 0.214 e. The molecule has 0 amide bonds. The third-order valence-electron chi connectivity index (χ3n) is 1.97. The summed E-state index contributed by atoms with van der Waals surface area (Å²) in [5.74, 6) is 0. The number of hydrogen-bond acceptors (Lipinski definition) is 4. The van der Waals surface area contributed by atoms with Gasteiger partial charge in [0.05, 0.1) is 12.7 Å². The molecule has 1 aliphatic rings. The number of primary sulfonamides is 1. The molecular formula is C6H13NO4S. The average Bonchev–Trinajstić information content (AvgIpc) is 2.03. The van der Waals surface area contributed by atoms with Crippen LogP contribution < -0.4 is 5.14 Å². The molecule has 1 rings (SSSR count). The molecule has 2 unspecified atom stereocenters. The lowest BCUT2D eigenvalue weighted by Gasteiger charge is -2.28. The van der Waals surface area contributed by atoms with E-state index >= 15 is 0 Å². The van der Waals surface area contributed by atoms with Gasteiger partial charge in [0.25, 0.3) is 0 Å². The number of sulfonamides is 1. The van der Waals surface area contributed by atoms with Gasteiger partial charge in [-0.15, -0.1) is 0 Å². The van der Waals surface area contributed by atoms with Crippen LogP contribution in [0, 0.1) is 0 Å². The molecule has 0 bridgehead atoms. The second-order valence-corrected chi connectivity index (χ2v) is 4.55. The molecule has 1 aliphatic heterocycles. The van der Waals surface area contributed by atoms with Crippen LogP contribution in [-0.2, 0) is 19.5 Å². The van der Waals surface area contributed by atoms with Gasteiger partial charge in [-0.05, 0) is 6.42 Å². The van der Waals surface area contributed by atoms with E-state index in [0.29, 0.717) is 19.6 Å². The van der Waals surface area contributed by atoms with Crippen LogP contribution in [0.3, 0.4) is 0 Å². The average molecular weight is 195 g/mol. The van der Waals surface area contributed by atoms with Crippen molar-refractivity contribution in [2.75, 3.05) is 20.3 Å². The number of ether oxygens (including phenoxy) is 2. The minimum Gasteiger partial charge on any atom is -0.379 e. The third-order valence-corrected chi connectivity index (χ3v) is 3.35. The Morgan fingerprint density at radius 3 is 2.67 bits per heavy atom. The molecule has 72 valence electrons. The first kappa shape index (κ1) is 9.91. The topological polar surface area (TPSA) is 78.6 Å². The molecule has 0 aliphatic carbocycles. The second kappa shape index (κ2) is 3.69. The summed E-state index contributed by atoms with van der Waals surface area (Å²) in [6.07, 6.45) is -0.00843. The predicted octanol–water partition coefficient (Wildman–Crippen LogP) is -0.921. The molecule has 2 atom stereocenters. The molecule has 0 aromatic heterocycles. The Hall–Kier alpha value is -0.170. The maximum atomic E-state index is 11.0. The Morgan fingerprint density at radius 2 is 2.25 bits per heavy atom. The standard InChI is InChI=1S/C6H13NO4S/c1-10-5-4-11-3-2-6(5)12(7,8)9/h5-6H,2-4H2,1H3,(H2,7,8,9). The maximum absolute atomic E-state index is 11.0. The van der Waals surface area contributed by atoms with Crippen molar-refractivity contribution >= 4 is 10.0 Å². The quantitative estimate of drug-likeness (QED) is 0.618. The van der Waals surface area contributed by atoms with Gasteiger partial charge in [0.2, 0.25) is 10.0 Å². The van der Waals surface area contributed by atoms with Crippen molar-refractivity contribution in [2.24, 2.45) is 5.14 Å². The van der Waals surface area contributed by atoms with Crippen LogP contribution in [0.25, 0.3) is 0 Å². The van der Waals surface area contributed by atoms with Gasteiger partial charge in [0.15, 0.2) is 0 Å². The van der Waals surface area contributed by atoms with Gasteiger partial charge in [-0.3, -0.25) is 0 Å². The Balaban J connectivity index is 2.72. The van der Waals surface area contributed by atoms with Gasteiger partial charge in [-0.25, -0.2) is 13.6 Å². The monoisotopic (exact) mass is 195 g/mol. The minimum absolute atomic E-state index is 0.303. The summed E-state index contributed by atoms with van der Waals surface area (Å²) >= 11 is 0. The minimum atomic E-state index is -3.49. The van der Waals surface area contributed by atoms with E-state index in [1.165, 1.54) is 7.11 Å². The van der Waals surface area contributed by atoms with Gasteiger partial charge in [-0.1, -0.05) is 0 Å². The summed E-state index contributed by atoms with van der Waals surface area (Å²) in [7, 11) is -2.04. The van der Waals surface area contributed by atoms with E-state index in [-0.39, 0.29) is 0 Å². The van der Waals surface area contributed by atoms with E-state index in [4.69, 9.17) is 14.6 Å². The largest absolute Gasteiger partial charge is 0.379 e. The fourth-order valence-corrected chi connectivity index (χ4v) is 2.33. The molecule has 0 aromatic carbocycles. The Morgan fingerprint density at radius 1 is 1.58 bits per heavy atom. The molecule has 0 aromatic rings. The van der Waals surface area contributed by atoms with E-state index in [0.717, 1.165) is 0 Å². The second-order valence-electron chi connectivity index (χ2n) is 2.77. The van der Waals surface area contributed by atoms with Crippen LogP contribution in [0.1, 0.15) is 6.42 Å². The molecule has 0 saturated carbocycles.